The molecule has 0 aliphatic carbocycles. The highest BCUT2D eigenvalue weighted by molar-refractivity contribution is 5.86. The monoisotopic (exact) mass is 335 g/mol. The minimum absolute atomic E-state index is 0.0852. The zero-order valence-electron chi connectivity index (χ0n) is 12.9. The number of halogens is 3. The van der Waals surface area contributed by atoms with E-state index in [0.717, 1.165) is 11.8 Å². The Labute approximate surface area is 132 Å². The Morgan fingerprint density at radius 2 is 2.00 bits per heavy atom. The van der Waals surface area contributed by atoms with E-state index in [1.54, 1.807) is 0 Å². The Balaban J connectivity index is 1.91. The first-order chi connectivity index (χ1) is 10.7. The van der Waals surface area contributed by atoms with Crippen molar-refractivity contribution in [1.29, 1.82) is 0 Å². The summed E-state index contributed by atoms with van der Waals surface area (Å²) in [5, 5.41) is 2.63. The van der Waals surface area contributed by atoms with Crippen molar-refractivity contribution in [3.8, 4) is 0 Å². The summed E-state index contributed by atoms with van der Waals surface area (Å²) in [7, 11) is 0. The van der Waals surface area contributed by atoms with Gasteiger partial charge in [0.15, 0.2) is 0 Å². The number of hydrogen-bond donors (Lipinski definition) is 1. The molecule has 2 aliphatic heterocycles. The predicted octanol–water partition coefficient (Wildman–Crippen LogP) is 0.667. The second-order valence-corrected chi connectivity index (χ2v) is 5.99. The van der Waals surface area contributed by atoms with E-state index in [1.807, 2.05) is 0 Å². The number of hydrogen-bond acceptors (Lipinski definition) is 3. The summed E-state index contributed by atoms with van der Waals surface area (Å²) < 4.78 is 38.8. The fourth-order valence-corrected chi connectivity index (χ4v) is 3.09. The van der Waals surface area contributed by atoms with Crippen LogP contribution in [0, 0.1) is 0 Å². The Bertz CT molecular complexity index is 495. The number of nitrogens with zero attached hydrogens (tertiary/aromatic N) is 2. The van der Waals surface area contributed by atoms with Crippen LogP contribution in [-0.4, -0.2) is 65.4 Å². The van der Waals surface area contributed by atoms with Crippen molar-refractivity contribution in [2.24, 2.45) is 0 Å². The van der Waals surface area contributed by atoms with E-state index in [0.29, 0.717) is 19.4 Å². The second kappa shape index (κ2) is 6.76. The molecule has 23 heavy (non-hydrogen) atoms. The first kappa shape index (κ1) is 17.6. The maximum Gasteiger partial charge on any atom is 0.408 e. The van der Waals surface area contributed by atoms with Crippen LogP contribution >= 0.6 is 0 Å². The quantitative estimate of drug-likeness (QED) is 0.824. The van der Waals surface area contributed by atoms with Crippen LogP contribution in [0.25, 0.3) is 0 Å². The molecule has 1 N–H and O–H groups in total. The molecule has 2 aliphatic rings. The third-order valence-corrected chi connectivity index (χ3v) is 4.24. The van der Waals surface area contributed by atoms with Crippen LogP contribution in [0.4, 0.5) is 13.2 Å². The predicted molar refractivity (Wildman–Crippen MR) is 74.2 cm³/mol. The lowest BCUT2D eigenvalue weighted by molar-refractivity contribution is -0.196. The first-order valence-corrected chi connectivity index (χ1v) is 7.59. The van der Waals surface area contributed by atoms with Gasteiger partial charge < -0.3 is 15.1 Å². The molecule has 130 valence electrons. The van der Waals surface area contributed by atoms with Gasteiger partial charge in [0.05, 0.1) is 6.54 Å². The molecule has 0 radical (unpaired) electrons. The Kier molecular flexibility index (Phi) is 5.16. The average Bonchev–Trinajstić information content (AvgIpc) is 2.82. The molecular weight excluding hydrogens is 315 g/mol. The lowest BCUT2D eigenvalue weighted by atomic mass is 9.97. The Morgan fingerprint density at radius 1 is 1.30 bits per heavy atom. The van der Waals surface area contributed by atoms with Gasteiger partial charge in [-0.05, 0) is 19.3 Å². The number of alkyl halides is 3. The average molecular weight is 335 g/mol. The highest BCUT2D eigenvalue weighted by Crippen LogP contribution is 2.32. The van der Waals surface area contributed by atoms with Gasteiger partial charge >= 0.3 is 6.18 Å². The maximum absolute atomic E-state index is 12.9. The van der Waals surface area contributed by atoms with Crippen LogP contribution in [0.1, 0.15) is 32.6 Å². The van der Waals surface area contributed by atoms with Crippen molar-refractivity contribution < 1.29 is 27.6 Å². The maximum atomic E-state index is 12.9. The summed E-state index contributed by atoms with van der Waals surface area (Å²) in [6.07, 6.45) is -3.43. The molecule has 0 bridgehead atoms. The van der Waals surface area contributed by atoms with Crippen molar-refractivity contribution in [2.45, 2.75) is 50.9 Å². The third kappa shape index (κ3) is 4.35. The molecule has 0 aromatic rings. The van der Waals surface area contributed by atoms with Crippen molar-refractivity contribution >= 4 is 17.7 Å². The molecule has 9 heteroatoms. The first-order valence-electron chi connectivity index (χ1n) is 7.59. The molecule has 2 rings (SSSR count). The van der Waals surface area contributed by atoms with E-state index in [4.69, 9.17) is 0 Å². The lowest BCUT2D eigenvalue weighted by Gasteiger charge is -2.40. The molecule has 0 aromatic carbocycles. The van der Waals surface area contributed by atoms with Crippen molar-refractivity contribution in [3.05, 3.63) is 0 Å². The number of carbonyl (C=O) groups is 3. The summed E-state index contributed by atoms with van der Waals surface area (Å²) in [5.41, 5.74) is 0. The standard InChI is InChI=1S/C14H20F3N3O3/c1-9(21)20-7-10(4-5-11(20)14(15,16)17)18-12(22)8-19-6-2-3-13(19)23/h10-11H,2-8H2,1H3,(H,18,22)/t10-,11+/m0/s1. The van der Waals surface area contributed by atoms with E-state index in [1.165, 1.54) is 4.90 Å². The van der Waals surface area contributed by atoms with Gasteiger partial charge in [0.1, 0.15) is 6.04 Å². The molecule has 0 spiro atoms. The van der Waals surface area contributed by atoms with Crippen molar-refractivity contribution in [1.82, 2.24) is 15.1 Å². The number of rotatable bonds is 3. The van der Waals surface area contributed by atoms with Gasteiger partial charge in [-0.15, -0.1) is 0 Å². The number of piperidine rings is 1. The zero-order chi connectivity index (χ0) is 17.2. The molecule has 0 aromatic heterocycles. The fourth-order valence-electron chi connectivity index (χ4n) is 3.09. The smallest absolute Gasteiger partial charge is 0.350 e. The highest BCUT2D eigenvalue weighted by atomic mass is 19.4. The Morgan fingerprint density at radius 3 is 2.52 bits per heavy atom. The normalized spacial score (nSPS) is 25.7. The molecule has 2 heterocycles. The third-order valence-electron chi connectivity index (χ3n) is 4.24. The minimum atomic E-state index is -4.47. The summed E-state index contributed by atoms with van der Waals surface area (Å²) in [5.74, 6) is -1.16. The number of likely N-dealkylation sites (tertiary alicyclic amines) is 2. The van der Waals surface area contributed by atoms with Crippen molar-refractivity contribution in [3.63, 3.8) is 0 Å². The summed E-state index contributed by atoms with van der Waals surface area (Å²) in [4.78, 5) is 37.1. The van der Waals surface area contributed by atoms with Gasteiger partial charge in [0.2, 0.25) is 17.7 Å². The van der Waals surface area contributed by atoms with Crippen LogP contribution < -0.4 is 5.32 Å². The molecular formula is C14H20F3N3O3. The number of carbonyl (C=O) groups excluding carboxylic acids is 3. The van der Waals surface area contributed by atoms with Crippen LogP contribution in [0.2, 0.25) is 0 Å². The Hall–Kier alpha value is -1.80. The topological polar surface area (TPSA) is 69.7 Å². The number of amides is 3. The SMILES string of the molecule is CC(=O)N1C[C@@H](NC(=O)CN2CCCC2=O)CC[C@@H]1C(F)(F)F. The van der Waals surface area contributed by atoms with E-state index < -0.39 is 30.1 Å². The molecule has 2 saturated heterocycles. The summed E-state index contributed by atoms with van der Waals surface area (Å²) >= 11 is 0. The fraction of sp³-hybridized carbons (Fsp3) is 0.786. The van der Waals surface area contributed by atoms with Gasteiger partial charge in [-0.1, -0.05) is 0 Å². The van der Waals surface area contributed by atoms with Crippen LogP contribution in [-0.2, 0) is 14.4 Å². The molecule has 0 saturated carbocycles. The molecule has 0 unspecified atom stereocenters. The largest absolute Gasteiger partial charge is 0.408 e. The van der Waals surface area contributed by atoms with Gasteiger partial charge in [-0.25, -0.2) is 0 Å². The molecule has 3 amide bonds. The summed E-state index contributed by atoms with van der Waals surface area (Å²) in [6, 6.07) is -2.32. The van der Waals surface area contributed by atoms with Gasteiger partial charge in [-0.3, -0.25) is 14.4 Å². The van der Waals surface area contributed by atoms with Crippen LogP contribution in [0.3, 0.4) is 0 Å². The van der Waals surface area contributed by atoms with E-state index in [9.17, 15) is 27.6 Å². The summed E-state index contributed by atoms with van der Waals surface area (Å²) in [6.45, 7) is 1.36. The minimum Gasteiger partial charge on any atom is -0.350 e. The number of nitrogens with one attached hydrogen (secondary N) is 1. The zero-order valence-corrected chi connectivity index (χ0v) is 12.9. The van der Waals surface area contributed by atoms with E-state index in [-0.39, 0.29) is 31.8 Å². The molecule has 2 fully saturated rings. The van der Waals surface area contributed by atoms with Gasteiger partial charge in [0.25, 0.3) is 0 Å². The van der Waals surface area contributed by atoms with Crippen LogP contribution in [0.15, 0.2) is 0 Å². The second-order valence-electron chi connectivity index (χ2n) is 5.99. The molecule has 6 nitrogen and oxygen atoms in total. The lowest BCUT2D eigenvalue weighted by Crippen LogP contribution is -2.58. The van der Waals surface area contributed by atoms with Gasteiger partial charge in [-0.2, -0.15) is 13.2 Å². The van der Waals surface area contributed by atoms with Crippen LogP contribution in [0.5, 0.6) is 0 Å². The van der Waals surface area contributed by atoms with E-state index in [2.05, 4.69) is 5.32 Å². The van der Waals surface area contributed by atoms with Crippen molar-refractivity contribution in [2.75, 3.05) is 19.6 Å². The van der Waals surface area contributed by atoms with E-state index >= 15 is 0 Å². The molecule has 2 atom stereocenters. The van der Waals surface area contributed by atoms with Gasteiger partial charge in [0, 0.05) is 32.5 Å². The highest BCUT2D eigenvalue weighted by Gasteiger charge is 2.47.